The number of rotatable bonds is 3. The Morgan fingerprint density at radius 3 is 3.00 bits per heavy atom. The van der Waals surface area contributed by atoms with Gasteiger partial charge in [-0.3, -0.25) is 0 Å². The van der Waals surface area contributed by atoms with Crippen LogP contribution in [0.2, 0.25) is 0 Å². The Bertz CT molecular complexity index is 381. The lowest BCUT2D eigenvalue weighted by molar-refractivity contribution is -0.105. The van der Waals surface area contributed by atoms with Gasteiger partial charge in [0.05, 0.1) is 5.60 Å². The van der Waals surface area contributed by atoms with Crippen molar-refractivity contribution in [1.82, 2.24) is 0 Å². The Balaban J connectivity index is 1.61. The lowest BCUT2D eigenvalue weighted by atomic mass is 9.78. The van der Waals surface area contributed by atoms with E-state index in [0.29, 0.717) is 12.0 Å². The zero-order chi connectivity index (χ0) is 13.1. The first kappa shape index (κ1) is 13.9. The van der Waals surface area contributed by atoms with Crippen molar-refractivity contribution in [3.8, 4) is 0 Å². The van der Waals surface area contributed by atoms with Gasteiger partial charge < -0.3 is 10.5 Å². The summed E-state index contributed by atoms with van der Waals surface area (Å²) in [5, 5.41) is 2.14. The Morgan fingerprint density at radius 1 is 1.42 bits per heavy atom. The van der Waals surface area contributed by atoms with Gasteiger partial charge in [-0.05, 0) is 61.0 Å². The van der Waals surface area contributed by atoms with Crippen molar-refractivity contribution in [1.29, 1.82) is 0 Å². The summed E-state index contributed by atoms with van der Waals surface area (Å²) in [7, 11) is 0. The fraction of sp³-hybridized carbons (Fsp3) is 0.733. The van der Waals surface area contributed by atoms with Gasteiger partial charge in [-0.2, -0.15) is 11.8 Å². The minimum Gasteiger partial charge on any atom is -0.375 e. The molecule has 0 amide bonds. The SMILES string of the molecule is NC(Cc1cccs1)C1CCOC2(CCSCC2)C1. The predicted octanol–water partition coefficient (Wildman–Crippen LogP) is 3.31. The molecule has 0 aliphatic carbocycles. The van der Waals surface area contributed by atoms with E-state index in [2.05, 4.69) is 29.3 Å². The molecule has 2 nitrogen and oxygen atoms in total. The van der Waals surface area contributed by atoms with Gasteiger partial charge in [-0.25, -0.2) is 0 Å². The van der Waals surface area contributed by atoms with E-state index in [1.165, 1.54) is 35.6 Å². The molecule has 1 aromatic heterocycles. The van der Waals surface area contributed by atoms with Crippen LogP contribution in [0.1, 0.15) is 30.6 Å². The predicted molar refractivity (Wildman–Crippen MR) is 84.0 cm³/mol. The molecule has 0 bridgehead atoms. The number of thioether (sulfide) groups is 1. The lowest BCUT2D eigenvalue weighted by Crippen LogP contribution is -2.47. The molecular formula is C15H23NOS2. The van der Waals surface area contributed by atoms with Gasteiger partial charge in [0.1, 0.15) is 0 Å². The highest BCUT2D eigenvalue weighted by Gasteiger charge is 2.40. The molecule has 1 aromatic rings. The van der Waals surface area contributed by atoms with Crippen molar-refractivity contribution in [2.75, 3.05) is 18.1 Å². The van der Waals surface area contributed by atoms with E-state index in [0.717, 1.165) is 19.4 Å². The molecule has 3 rings (SSSR count). The third-order valence-electron chi connectivity index (χ3n) is 4.56. The molecule has 2 aliphatic rings. The molecule has 0 radical (unpaired) electrons. The number of thiophene rings is 1. The average Bonchev–Trinajstić information content (AvgIpc) is 2.92. The summed E-state index contributed by atoms with van der Waals surface area (Å²) >= 11 is 3.89. The van der Waals surface area contributed by atoms with Crippen LogP contribution in [-0.2, 0) is 11.2 Å². The second kappa shape index (κ2) is 6.17. The highest BCUT2D eigenvalue weighted by molar-refractivity contribution is 7.99. The van der Waals surface area contributed by atoms with Crippen LogP contribution in [0.25, 0.3) is 0 Å². The van der Waals surface area contributed by atoms with E-state index < -0.39 is 0 Å². The first-order valence-corrected chi connectivity index (χ1v) is 9.31. The van der Waals surface area contributed by atoms with Crippen molar-refractivity contribution in [2.45, 2.75) is 43.7 Å². The lowest BCUT2D eigenvalue weighted by Gasteiger charge is -2.44. The number of hydrogen-bond acceptors (Lipinski definition) is 4. The van der Waals surface area contributed by atoms with E-state index >= 15 is 0 Å². The van der Waals surface area contributed by atoms with Crippen LogP contribution in [0.3, 0.4) is 0 Å². The molecule has 19 heavy (non-hydrogen) atoms. The monoisotopic (exact) mass is 297 g/mol. The van der Waals surface area contributed by atoms with Crippen molar-refractivity contribution < 1.29 is 4.74 Å². The second-order valence-corrected chi connectivity index (χ2v) is 8.10. The van der Waals surface area contributed by atoms with Crippen molar-refractivity contribution in [3.05, 3.63) is 22.4 Å². The maximum absolute atomic E-state index is 6.48. The smallest absolute Gasteiger partial charge is 0.0701 e. The molecule has 2 saturated heterocycles. The van der Waals surface area contributed by atoms with Crippen LogP contribution in [0.4, 0.5) is 0 Å². The van der Waals surface area contributed by atoms with E-state index in [1.807, 2.05) is 11.3 Å². The van der Waals surface area contributed by atoms with Crippen molar-refractivity contribution in [3.63, 3.8) is 0 Å². The van der Waals surface area contributed by atoms with Gasteiger partial charge in [0.2, 0.25) is 0 Å². The summed E-state index contributed by atoms with van der Waals surface area (Å²) in [6, 6.07) is 4.63. The number of nitrogens with two attached hydrogens (primary N) is 1. The van der Waals surface area contributed by atoms with Crippen LogP contribution >= 0.6 is 23.1 Å². The Hall–Kier alpha value is -0.0300. The fourth-order valence-corrected chi connectivity index (χ4v) is 5.37. The Kier molecular flexibility index (Phi) is 4.52. The van der Waals surface area contributed by atoms with Gasteiger partial charge in [0, 0.05) is 17.5 Å². The van der Waals surface area contributed by atoms with E-state index in [1.54, 1.807) is 0 Å². The molecule has 2 N–H and O–H groups in total. The topological polar surface area (TPSA) is 35.2 Å². The Labute approximate surface area is 124 Å². The second-order valence-electron chi connectivity index (χ2n) is 5.84. The molecule has 2 aliphatic heterocycles. The van der Waals surface area contributed by atoms with Crippen LogP contribution in [0, 0.1) is 5.92 Å². The van der Waals surface area contributed by atoms with E-state index in [4.69, 9.17) is 10.5 Å². The highest BCUT2D eigenvalue weighted by Crippen LogP contribution is 2.40. The van der Waals surface area contributed by atoms with Crippen LogP contribution in [-0.4, -0.2) is 29.8 Å². The molecule has 106 valence electrons. The molecule has 2 atom stereocenters. The summed E-state index contributed by atoms with van der Waals surface area (Å²) in [4.78, 5) is 1.42. The Morgan fingerprint density at radius 2 is 2.26 bits per heavy atom. The van der Waals surface area contributed by atoms with Gasteiger partial charge in [0.15, 0.2) is 0 Å². The van der Waals surface area contributed by atoms with Crippen LogP contribution in [0.5, 0.6) is 0 Å². The zero-order valence-corrected chi connectivity index (χ0v) is 13.0. The van der Waals surface area contributed by atoms with Crippen LogP contribution in [0.15, 0.2) is 17.5 Å². The third kappa shape index (κ3) is 3.35. The third-order valence-corrected chi connectivity index (χ3v) is 6.44. The summed E-state index contributed by atoms with van der Waals surface area (Å²) in [6.45, 7) is 0.910. The first-order valence-electron chi connectivity index (χ1n) is 7.27. The molecule has 0 aromatic carbocycles. The molecule has 2 fully saturated rings. The van der Waals surface area contributed by atoms with Gasteiger partial charge in [-0.1, -0.05) is 6.07 Å². The maximum atomic E-state index is 6.48. The molecule has 4 heteroatoms. The largest absolute Gasteiger partial charge is 0.375 e. The number of hydrogen-bond donors (Lipinski definition) is 1. The average molecular weight is 297 g/mol. The summed E-state index contributed by atoms with van der Waals surface area (Å²) in [5.74, 6) is 3.15. The van der Waals surface area contributed by atoms with Gasteiger partial charge in [-0.15, -0.1) is 11.3 Å². The van der Waals surface area contributed by atoms with Crippen LogP contribution < -0.4 is 5.73 Å². The quantitative estimate of drug-likeness (QED) is 0.929. The molecule has 1 spiro atoms. The summed E-state index contributed by atoms with van der Waals surface area (Å²) in [6.07, 6.45) is 5.80. The molecular weight excluding hydrogens is 274 g/mol. The molecule has 0 saturated carbocycles. The normalized spacial score (nSPS) is 28.4. The summed E-state index contributed by atoms with van der Waals surface area (Å²) in [5.41, 5.74) is 6.64. The maximum Gasteiger partial charge on any atom is 0.0701 e. The van der Waals surface area contributed by atoms with Crippen molar-refractivity contribution in [2.24, 2.45) is 11.7 Å². The van der Waals surface area contributed by atoms with E-state index in [9.17, 15) is 0 Å². The van der Waals surface area contributed by atoms with Gasteiger partial charge >= 0.3 is 0 Å². The molecule has 2 unspecified atom stereocenters. The standard InChI is InChI=1S/C15H23NOS2/c16-14(10-13-2-1-7-19-13)12-3-6-17-15(11-12)4-8-18-9-5-15/h1-2,7,12,14H,3-6,8-11,16H2. The van der Waals surface area contributed by atoms with Gasteiger partial charge in [0.25, 0.3) is 0 Å². The number of ether oxygens (including phenoxy) is 1. The minimum atomic E-state index is 0.168. The fourth-order valence-electron chi connectivity index (χ4n) is 3.35. The molecule has 3 heterocycles. The zero-order valence-electron chi connectivity index (χ0n) is 11.3. The first-order chi connectivity index (χ1) is 9.27. The highest BCUT2D eigenvalue weighted by atomic mass is 32.2. The summed E-state index contributed by atoms with van der Waals surface area (Å²) < 4.78 is 6.16. The van der Waals surface area contributed by atoms with E-state index in [-0.39, 0.29) is 5.60 Å². The van der Waals surface area contributed by atoms with Crippen molar-refractivity contribution >= 4 is 23.1 Å². The minimum absolute atomic E-state index is 0.168.